The summed E-state index contributed by atoms with van der Waals surface area (Å²) in [6.45, 7) is 0. The van der Waals surface area contributed by atoms with Gasteiger partial charge in [-0.1, -0.05) is 48.0 Å². The maximum Gasteiger partial charge on any atom is 0.257 e. The first-order chi connectivity index (χ1) is 10.1. The molecule has 0 spiro atoms. The molecule has 104 valence electrons. The van der Waals surface area contributed by atoms with Gasteiger partial charge in [0.2, 0.25) is 0 Å². The van der Waals surface area contributed by atoms with Gasteiger partial charge in [0, 0.05) is 21.8 Å². The van der Waals surface area contributed by atoms with Crippen molar-refractivity contribution in [2.75, 3.05) is 11.1 Å². The number of carbonyl (C=O) groups excluding carboxylic acids is 1. The number of hydrogen-bond acceptors (Lipinski definition) is 2. The second kappa shape index (κ2) is 5.46. The summed E-state index contributed by atoms with van der Waals surface area (Å²) in [5, 5.41) is 5.46. The minimum Gasteiger partial charge on any atom is -0.398 e. The highest BCUT2D eigenvalue weighted by molar-refractivity contribution is 6.31. The van der Waals surface area contributed by atoms with Crippen LogP contribution in [0.4, 0.5) is 11.4 Å². The monoisotopic (exact) mass is 296 g/mol. The first kappa shape index (κ1) is 13.5. The predicted octanol–water partition coefficient (Wildman–Crippen LogP) is 4.33. The topological polar surface area (TPSA) is 55.1 Å². The molecule has 0 aliphatic rings. The third-order valence-electron chi connectivity index (χ3n) is 3.30. The molecule has 3 nitrogen and oxygen atoms in total. The Balaban J connectivity index is 1.97. The summed E-state index contributed by atoms with van der Waals surface area (Å²) in [6, 6.07) is 18.5. The number of anilines is 2. The average Bonchev–Trinajstić information content (AvgIpc) is 2.47. The summed E-state index contributed by atoms with van der Waals surface area (Å²) >= 11 is 5.85. The highest BCUT2D eigenvalue weighted by Crippen LogP contribution is 2.25. The number of fused-ring (bicyclic) bond motifs is 1. The van der Waals surface area contributed by atoms with E-state index in [4.69, 9.17) is 17.3 Å². The highest BCUT2D eigenvalue weighted by Gasteiger charge is 2.11. The molecule has 3 aromatic carbocycles. The number of nitrogens with one attached hydrogen (secondary N) is 1. The average molecular weight is 297 g/mol. The zero-order valence-corrected chi connectivity index (χ0v) is 11.9. The van der Waals surface area contributed by atoms with Crippen molar-refractivity contribution in [2.45, 2.75) is 0 Å². The van der Waals surface area contributed by atoms with Gasteiger partial charge in [-0.05, 0) is 29.7 Å². The molecule has 3 N–H and O–H groups in total. The summed E-state index contributed by atoms with van der Waals surface area (Å²) in [6.07, 6.45) is 0. The number of nitrogen functional groups attached to an aromatic ring is 1. The fourth-order valence-electron chi connectivity index (χ4n) is 2.26. The predicted molar refractivity (Wildman–Crippen MR) is 87.8 cm³/mol. The van der Waals surface area contributed by atoms with E-state index >= 15 is 0 Å². The molecular formula is C17H13ClN2O. The van der Waals surface area contributed by atoms with E-state index in [0.29, 0.717) is 16.3 Å². The van der Waals surface area contributed by atoms with Crippen LogP contribution in [0.25, 0.3) is 10.8 Å². The van der Waals surface area contributed by atoms with Crippen molar-refractivity contribution in [2.24, 2.45) is 0 Å². The van der Waals surface area contributed by atoms with E-state index in [1.54, 1.807) is 18.2 Å². The number of halogens is 1. The Hall–Kier alpha value is -2.52. The van der Waals surface area contributed by atoms with Gasteiger partial charge in [-0.3, -0.25) is 4.79 Å². The molecule has 0 bridgehead atoms. The molecule has 0 radical (unpaired) electrons. The van der Waals surface area contributed by atoms with Crippen LogP contribution in [0.15, 0.2) is 60.7 Å². The quantitative estimate of drug-likeness (QED) is 0.692. The molecule has 3 rings (SSSR count). The van der Waals surface area contributed by atoms with Gasteiger partial charge in [0.1, 0.15) is 0 Å². The van der Waals surface area contributed by atoms with E-state index < -0.39 is 0 Å². The molecule has 1 amide bonds. The number of benzene rings is 3. The lowest BCUT2D eigenvalue weighted by Gasteiger charge is -2.10. The number of hydrogen-bond donors (Lipinski definition) is 2. The lowest BCUT2D eigenvalue weighted by Crippen LogP contribution is -2.14. The first-order valence-corrected chi connectivity index (χ1v) is 6.87. The van der Waals surface area contributed by atoms with Gasteiger partial charge >= 0.3 is 0 Å². The van der Waals surface area contributed by atoms with Gasteiger partial charge in [-0.2, -0.15) is 0 Å². The maximum absolute atomic E-state index is 12.4. The maximum atomic E-state index is 12.4. The summed E-state index contributed by atoms with van der Waals surface area (Å²) in [7, 11) is 0. The van der Waals surface area contributed by atoms with Gasteiger partial charge in [0.15, 0.2) is 0 Å². The van der Waals surface area contributed by atoms with E-state index in [2.05, 4.69) is 5.32 Å². The molecule has 0 saturated carbocycles. The van der Waals surface area contributed by atoms with E-state index in [-0.39, 0.29) is 5.91 Å². The molecule has 0 saturated heterocycles. The Morgan fingerprint density at radius 3 is 2.57 bits per heavy atom. The largest absolute Gasteiger partial charge is 0.398 e. The minimum absolute atomic E-state index is 0.250. The zero-order valence-electron chi connectivity index (χ0n) is 11.1. The SMILES string of the molecule is Nc1cc(Cl)ccc1C(=O)Nc1cccc2ccccc12. The lowest BCUT2D eigenvalue weighted by molar-refractivity contribution is 0.102. The molecule has 0 atom stereocenters. The van der Waals surface area contributed by atoms with Crippen LogP contribution < -0.4 is 11.1 Å². The van der Waals surface area contributed by atoms with E-state index in [1.807, 2.05) is 42.5 Å². The van der Waals surface area contributed by atoms with Crippen LogP contribution in [0, 0.1) is 0 Å². The van der Waals surface area contributed by atoms with Crippen molar-refractivity contribution < 1.29 is 4.79 Å². The smallest absolute Gasteiger partial charge is 0.257 e. The Morgan fingerprint density at radius 2 is 1.76 bits per heavy atom. The van der Waals surface area contributed by atoms with Crippen LogP contribution in [0.3, 0.4) is 0 Å². The number of carbonyl (C=O) groups is 1. The van der Waals surface area contributed by atoms with E-state index in [1.165, 1.54) is 0 Å². The van der Waals surface area contributed by atoms with Crippen molar-refractivity contribution >= 4 is 39.7 Å². The molecule has 0 heterocycles. The summed E-state index contributed by atoms with van der Waals surface area (Å²) in [5.41, 5.74) is 7.37. The molecule has 0 aliphatic heterocycles. The molecule has 0 fully saturated rings. The second-order valence-electron chi connectivity index (χ2n) is 4.71. The molecule has 21 heavy (non-hydrogen) atoms. The fraction of sp³-hybridized carbons (Fsp3) is 0. The third-order valence-corrected chi connectivity index (χ3v) is 3.53. The van der Waals surface area contributed by atoms with Crippen LogP contribution >= 0.6 is 11.6 Å². The van der Waals surface area contributed by atoms with Crippen LogP contribution in [0.2, 0.25) is 5.02 Å². The Morgan fingerprint density at radius 1 is 1.00 bits per heavy atom. The van der Waals surface area contributed by atoms with Gasteiger partial charge in [0.25, 0.3) is 5.91 Å². The minimum atomic E-state index is -0.250. The van der Waals surface area contributed by atoms with Gasteiger partial charge in [0.05, 0.1) is 5.56 Å². The number of amides is 1. The standard InChI is InChI=1S/C17H13ClN2O/c18-12-8-9-14(15(19)10-12)17(21)20-16-7-3-5-11-4-1-2-6-13(11)16/h1-10H,19H2,(H,20,21). The Bertz CT molecular complexity index is 825. The fourth-order valence-corrected chi connectivity index (χ4v) is 2.44. The van der Waals surface area contributed by atoms with Crippen molar-refractivity contribution in [3.8, 4) is 0 Å². The molecular weight excluding hydrogens is 284 g/mol. The number of nitrogens with two attached hydrogens (primary N) is 1. The zero-order chi connectivity index (χ0) is 14.8. The normalized spacial score (nSPS) is 10.5. The van der Waals surface area contributed by atoms with Gasteiger partial charge in [-0.25, -0.2) is 0 Å². The molecule has 0 unspecified atom stereocenters. The van der Waals surface area contributed by atoms with Crippen molar-refractivity contribution in [1.82, 2.24) is 0 Å². The number of rotatable bonds is 2. The molecule has 0 aromatic heterocycles. The Kier molecular flexibility index (Phi) is 3.50. The van der Waals surface area contributed by atoms with Crippen LogP contribution in [0.1, 0.15) is 10.4 Å². The van der Waals surface area contributed by atoms with Gasteiger partial charge in [-0.15, -0.1) is 0 Å². The molecule has 4 heteroatoms. The summed E-state index contributed by atoms with van der Waals surface area (Å²) in [4.78, 5) is 12.4. The van der Waals surface area contributed by atoms with Crippen molar-refractivity contribution in [3.63, 3.8) is 0 Å². The second-order valence-corrected chi connectivity index (χ2v) is 5.15. The molecule has 0 aliphatic carbocycles. The van der Waals surface area contributed by atoms with E-state index in [0.717, 1.165) is 16.5 Å². The van der Waals surface area contributed by atoms with E-state index in [9.17, 15) is 4.79 Å². The van der Waals surface area contributed by atoms with Gasteiger partial charge < -0.3 is 11.1 Å². The van der Waals surface area contributed by atoms with Crippen LogP contribution in [-0.2, 0) is 0 Å². The first-order valence-electron chi connectivity index (χ1n) is 6.49. The van der Waals surface area contributed by atoms with Crippen LogP contribution in [-0.4, -0.2) is 5.91 Å². The van der Waals surface area contributed by atoms with Crippen LogP contribution in [0.5, 0.6) is 0 Å². The summed E-state index contributed by atoms with van der Waals surface area (Å²) < 4.78 is 0. The van der Waals surface area contributed by atoms with Crippen molar-refractivity contribution in [1.29, 1.82) is 0 Å². The summed E-state index contributed by atoms with van der Waals surface area (Å²) in [5.74, 6) is -0.250. The van der Waals surface area contributed by atoms with Crippen molar-refractivity contribution in [3.05, 3.63) is 71.2 Å². The highest BCUT2D eigenvalue weighted by atomic mass is 35.5. The Labute approximate surface area is 127 Å². The molecule has 3 aromatic rings. The lowest BCUT2D eigenvalue weighted by atomic mass is 10.1. The third kappa shape index (κ3) is 2.69.